The summed E-state index contributed by atoms with van der Waals surface area (Å²) >= 11 is 0. The zero-order chi connectivity index (χ0) is 38.4. The third-order valence-electron chi connectivity index (χ3n) is 12.0. The Bertz CT molecular complexity index is 2300. The van der Waals surface area contributed by atoms with E-state index in [2.05, 4.69) is 194 Å². The fourth-order valence-corrected chi connectivity index (χ4v) is 9.86. The van der Waals surface area contributed by atoms with Gasteiger partial charge in [0.25, 0.3) is 0 Å². The lowest BCUT2D eigenvalue weighted by atomic mass is 9.32. The molecular weight excluding hydrogens is 635 g/mol. The third-order valence-corrected chi connectivity index (χ3v) is 12.0. The molecule has 268 valence electrons. The van der Waals surface area contributed by atoms with Crippen LogP contribution in [0.5, 0.6) is 0 Å². The quantitative estimate of drug-likeness (QED) is 0.124. The Kier molecular flexibility index (Phi) is 8.84. The van der Waals surface area contributed by atoms with Crippen molar-refractivity contribution in [2.45, 2.75) is 106 Å². The lowest BCUT2D eigenvalue weighted by Crippen LogP contribution is -2.48. The van der Waals surface area contributed by atoms with Crippen LogP contribution in [0.2, 0.25) is 0 Å². The van der Waals surface area contributed by atoms with Gasteiger partial charge in [-0.2, -0.15) is 0 Å². The van der Waals surface area contributed by atoms with E-state index in [4.69, 9.17) is 0 Å². The Balaban J connectivity index is 1.68. The molecule has 5 aromatic carbocycles. The largest absolute Gasteiger partial charge is 0.243 e. The van der Waals surface area contributed by atoms with Gasteiger partial charge in [0, 0.05) is 0 Å². The van der Waals surface area contributed by atoms with E-state index in [1.165, 1.54) is 99.9 Å². The number of aryl methyl sites for hydroxylation is 3. The molecule has 0 aromatic heterocycles. The summed E-state index contributed by atoms with van der Waals surface area (Å²) < 4.78 is 0. The highest BCUT2D eigenvalue weighted by Gasteiger charge is 2.53. The number of fused-ring (bicyclic) bond motifs is 10. The second kappa shape index (κ2) is 12.8. The van der Waals surface area contributed by atoms with Gasteiger partial charge in [0.15, 0.2) is 0 Å². The van der Waals surface area contributed by atoms with Crippen molar-refractivity contribution < 1.29 is 0 Å². The van der Waals surface area contributed by atoms with Crippen LogP contribution in [0.15, 0.2) is 126 Å². The lowest BCUT2D eigenvalue weighted by Gasteiger charge is -2.33. The highest BCUT2D eigenvalue weighted by atomic mass is 14.5. The van der Waals surface area contributed by atoms with E-state index in [-0.39, 0.29) is 17.5 Å². The van der Waals surface area contributed by atoms with E-state index in [0.717, 1.165) is 5.57 Å². The molecular formula is C52H57B. The predicted molar refractivity (Wildman–Crippen MR) is 233 cm³/mol. The van der Waals surface area contributed by atoms with Gasteiger partial charge >= 0.3 is 0 Å². The van der Waals surface area contributed by atoms with Crippen molar-refractivity contribution in [2.75, 3.05) is 0 Å². The molecule has 7 rings (SSSR count). The minimum atomic E-state index is -0.445. The van der Waals surface area contributed by atoms with E-state index in [1.807, 2.05) is 0 Å². The molecule has 0 heterocycles. The molecule has 0 fully saturated rings. The second-order valence-electron chi connectivity index (χ2n) is 18.4. The van der Waals surface area contributed by atoms with Gasteiger partial charge in [-0.1, -0.05) is 195 Å². The van der Waals surface area contributed by atoms with Crippen molar-refractivity contribution in [1.82, 2.24) is 0 Å². The van der Waals surface area contributed by atoms with Gasteiger partial charge in [0.05, 0.1) is 5.41 Å². The van der Waals surface area contributed by atoms with Crippen LogP contribution in [-0.4, -0.2) is 6.71 Å². The second-order valence-corrected chi connectivity index (χ2v) is 18.4. The average molecular weight is 693 g/mol. The Labute approximate surface area is 320 Å². The van der Waals surface area contributed by atoms with Crippen molar-refractivity contribution in [2.24, 2.45) is 0 Å². The number of hydrogen-bond donors (Lipinski definition) is 0. The van der Waals surface area contributed by atoms with Crippen molar-refractivity contribution in [3.63, 3.8) is 0 Å². The molecule has 0 N–H and O–H groups in total. The van der Waals surface area contributed by atoms with E-state index < -0.39 is 5.41 Å². The van der Waals surface area contributed by atoms with Gasteiger partial charge in [-0.3, -0.25) is 0 Å². The first-order valence-corrected chi connectivity index (χ1v) is 19.5. The fourth-order valence-electron chi connectivity index (χ4n) is 9.86. The van der Waals surface area contributed by atoms with Crippen LogP contribution in [0.4, 0.5) is 0 Å². The topological polar surface area (TPSA) is 0 Å². The molecule has 2 aliphatic rings. The van der Waals surface area contributed by atoms with Crippen molar-refractivity contribution in [1.29, 1.82) is 0 Å². The maximum Gasteiger partial charge on any atom is 0.243 e. The summed E-state index contributed by atoms with van der Waals surface area (Å²) in [7, 11) is 0. The summed E-state index contributed by atoms with van der Waals surface area (Å²) in [6, 6.07) is 35.9. The van der Waals surface area contributed by atoms with Gasteiger partial charge in [-0.05, 0) is 115 Å². The number of benzene rings is 5. The highest BCUT2D eigenvalue weighted by molar-refractivity contribution is 6.93. The molecule has 0 saturated carbocycles. The van der Waals surface area contributed by atoms with E-state index >= 15 is 0 Å². The summed E-state index contributed by atoms with van der Waals surface area (Å²) in [6.45, 7) is 34.4. The van der Waals surface area contributed by atoms with Crippen LogP contribution >= 0.6 is 0 Å². The van der Waals surface area contributed by atoms with Gasteiger partial charge in [-0.15, -0.1) is 0 Å². The Morgan fingerprint density at radius 3 is 1.64 bits per heavy atom. The Morgan fingerprint density at radius 2 is 1.13 bits per heavy atom. The summed E-state index contributed by atoms with van der Waals surface area (Å²) in [5, 5.41) is 0. The predicted octanol–water partition coefficient (Wildman–Crippen LogP) is 12.6. The van der Waals surface area contributed by atoms with Gasteiger partial charge in [0.1, 0.15) is 0 Å². The smallest absolute Gasteiger partial charge is 0.0966 e. The molecule has 2 aliphatic carbocycles. The standard InChI is InChI=1S/C52H57B/c1-31(2)26-34(6)48(32(3)4)53(49-35(7)27-33(5)28-36(49)8)46-21-17-20-43-47(46)41-18-15-16-19-42(41)52(43)44-29-37(50(9,10)11)22-24-39(44)40-25-23-38(30-45(40)52)51(12,13)14/h15-30H,3H2,1-2,4-14H3/b48-34+. The third kappa shape index (κ3) is 5.74. The molecule has 0 unspecified atom stereocenters. The molecule has 1 heteroatoms. The minimum absolute atomic E-state index is 0.00372. The molecule has 0 atom stereocenters. The van der Waals surface area contributed by atoms with E-state index in [1.54, 1.807) is 0 Å². The molecule has 53 heavy (non-hydrogen) atoms. The SMILES string of the molecule is C=C(C)/C(B(c1cccc2c1-c1ccccc1C21c2cc(C(C)(C)C)ccc2-c2ccc(C(C)(C)C)cc21)c1c(C)cc(C)cc1C)=C(/C)C=C(C)C. The van der Waals surface area contributed by atoms with Crippen LogP contribution < -0.4 is 10.9 Å². The number of allylic oxidation sites excluding steroid dienone is 5. The summed E-state index contributed by atoms with van der Waals surface area (Å²) in [4.78, 5) is 0. The molecule has 0 aliphatic heterocycles. The summed E-state index contributed by atoms with van der Waals surface area (Å²) in [5.74, 6) is 0. The van der Waals surface area contributed by atoms with Crippen molar-refractivity contribution in [3.8, 4) is 22.3 Å². The monoisotopic (exact) mass is 692 g/mol. The van der Waals surface area contributed by atoms with Gasteiger partial charge in [-0.25, -0.2) is 0 Å². The van der Waals surface area contributed by atoms with E-state index in [9.17, 15) is 0 Å². The molecule has 0 bridgehead atoms. The Hall–Kier alpha value is -4.62. The van der Waals surface area contributed by atoms with E-state index in [0.29, 0.717) is 0 Å². The molecule has 0 amide bonds. The fraction of sp³-hybridized carbons (Fsp3) is 0.308. The van der Waals surface area contributed by atoms with Crippen LogP contribution in [0.25, 0.3) is 22.3 Å². The molecule has 0 radical (unpaired) electrons. The van der Waals surface area contributed by atoms with Gasteiger partial charge < -0.3 is 0 Å². The zero-order valence-electron chi connectivity index (χ0n) is 34.5. The van der Waals surface area contributed by atoms with Crippen molar-refractivity contribution >= 4 is 17.6 Å². The first-order chi connectivity index (χ1) is 24.9. The molecule has 1 spiro atoms. The Morgan fingerprint density at radius 1 is 0.604 bits per heavy atom. The summed E-state index contributed by atoms with van der Waals surface area (Å²) in [5.41, 5.74) is 25.0. The molecule has 0 nitrogen and oxygen atoms in total. The number of hydrogen-bond acceptors (Lipinski definition) is 0. The zero-order valence-corrected chi connectivity index (χ0v) is 34.5. The normalized spacial score (nSPS) is 14.3. The lowest BCUT2D eigenvalue weighted by molar-refractivity contribution is 0.586. The first kappa shape index (κ1) is 36.7. The molecule has 5 aromatic rings. The average Bonchev–Trinajstić information content (AvgIpc) is 3.53. The highest BCUT2D eigenvalue weighted by Crippen LogP contribution is 2.63. The van der Waals surface area contributed by atoms with Crippen LogP contribution in [0.1, 0.15) is 119 Å². The maximum atomic E-state index is 4.68. The molecule has 0 saturated heterocycles. The minimum Gasteiger partial charge on any atom is -0.0966 e. The first-order valence-electron chi connectivity index (χ1n) is 19.5. The summed E-state index contributed by atoms with van der Waals surface area (Å²) in [6.07, 6.45) is 2.35. The van der Waals surface area contributed by atoms with Crippen LogP contribution in [-0.2, 0) is 16.2 Å². The van der Waals surface area contributed by atoms with Crippen LogP contribution in [0.3, 0.4) is 0 Å². The van der Waals surface area contributed by atoms with Gasteiger partial charge in [0.2, 0.25) is 6.71 Å². The number of rotatable bonds is 5. The van der Waals surface area contributed by atoms with Crippen LogP contribution in [0, 0.1) is 20.8 Å². The van der Waals surface area contributed by atoms with Crippen molar-refractivity contribution in [3.05, 3.63) is 176 Å². The maximum absolute atomic E-state index is 4.68.